The minimum atomic E-state index is -3.55. The van der Waals surface area contributed by atoms with E-state index in [9.17, 15) is 14.2 Å². The zero-order valence-electron chi connectivity index (χ0n) is 14.5. The molecule has 0 N–H and O–H groups in total. The molecule has 1 aliphatic heterocycles. The Morgan fingerprint density at radius 2 is 1.78 bits per heavy atom. The fraction of sp³-hybridized carbons (Fsp3) is 0.714. The number of allylic oxidation sites excluding steroid dienone is 1. The molecule has 1 aliphatic rings. The monoisotopic (exact) mass is 349 g/mol. The van der Waals surface area contributed by atoms with Crippen molar-refractivity contribution in [2.45, 2.75) is 45.9 Å². The third-order valence-corrected chi connectivity index (χ3v) is 4.78. The molecule has 1 rings (SSSR count). The van der Waals surface area contributed by atoms with Gasteiger partial charge in [-0.2, -0.15) is 0 Å². The second-order valence-electron chi connectivity index (χ2n) is 6.44. The number of ether oxygens (including phenoxy) is 2. The summed E-state index contributed by atoms with van der Waals surface area (Å²) < 4.78 is 32.3. The first kappa shape index (κ1) is 19.7. The third kappa shape index (κ3) is 4.80. The molecule has 1 heterocycles. The van der Waals surface area contributed by atoms with Crippen molar-refractivity contribution in [2.24, 2.45) is 0 Å². The average molecular weight is 349 g/mol. The predicted molar refractivity (Wildman–Crippen MR) is 82.8 cm³/mol. The number of amides is 1. The molecule has 0 atom stereocenters. The molecule has 0 aliphatic carbocycles. The molecule has 0 saturated carbocycles. The molecular weight excluding hydrogens is 325 g/mol. The molecule has 0 bridgehead atoms. The highest BCUT2D eigenvalue weighted by molar-refractivity contribution is 7.54. The minimum absolute atomic E-state index is 0.0569. The summed E-state index contributed by atoms with van der Waals surface area (Å²) in [5.74, 6) is -0.603. The van der Waals surface area contributed by atoms with Crippen LogP contribution < -0.4 is 0 Å². The normalized spacial score (nSPS) is 17.5. The molecule has 23 heavy (non-hydrogen) atoms. The number of Topliss-reactive ketones (excluding diaryl/α,β-unsaturated/α-hetero) is 1. The van der Waals surface area contributed by atoms with E-state index in [-0.39, 0.29) is 5.70 Å². The van der Waals surface area contributed by atoms with Crippen molar-refractivity contribution < 1.29 is 32.7 Å². The van der Waals surface area contributed by atoms with Crippen LogP contribution in [-0.4, -0.2) is 48.5 Å². The van der Waals surface area contributed by atoms with E-state index >= 15 is 0 Å². The first-order valence-corrected chi connectivity index (χ1v) is 8.73. The van der Waals surface area contributed by atoms with Gasteiger partial charge in [0.1, 0.15) is 23.7 Å². The van der Waals surface area contributed by atoms with E-state index in [1.54, 1.807) is 34.6 Å². The fourth-order valence-corrected chi connectivity index (χ4v) is 2.79. The summed E-state index contributed by atoms with van der Waals surface area (Å²) in [5.41, 5.74) is -1.89. The van der Waals surface area contributed by atoms with Crippen LogP contribution in [-0.2, 0) is 27.9 Å². The quantitative estimate of drug-likeness (QED) is 0.705. The lowest BCUT2D eigenvalue weighted by Crippen LogP contribution is -2.48. The molecule has 8 nitrogen and oxygen atoms in total. The molecule has 0 aromatic heterocycles. The third-order valence-electron chi connectivity index (χ3n) is 2.99. The molecule has 0 aromatic rings. The fourth-order valence-electron chi connectivity index (χ4n) is 1.87. The lowest BCUT2D eigenvalue weighted by molar-refractivity contribution is -0.116. The van der Waals surface area contributed by atoms with Gasteiger partial charge in [0.2, 0.25) is 0 Å². The van der Waals surface area contributed by atoms with Gasteiger partial charge in [-0.25, -0.2) is 9.69 Å². The van der Waals surface area contributed by atoms with E-state index in [2.05, 4.69) is 0 Å². The topological polar surface area (TPSA) is 91.4 Å². The number of hydrogen-bond acceptors (Lipinski definition) is 7. The van der Waals surface area contributed by atoms with Gasteiger partial charge in [-0.05, 0) is 34.6 Å². The number of nitrogens with zero attached hydrogens (tertiary/aromatic N) is 1. The van der Waals surface area contributed by atoms with Crippen LogP contribution in [0, 0.1) is 0 Å². The zero-order valence-corrected chi connectivity index (χ0v) is 15.4. The largest absolute Gasteiger partial charge is 0.473 e. The molecule has 0 fully saturated rings. The molecule has 1 amide bonds. The molecular formula is C14H24NO7P. The van der Waals surface area contributed by atoms with E-state index < -0.39 is 37.0 Å². The lowest BCUT2D eigenvalue weighted by atomic mass is 10.2. The highest BCUT2D eigenvalue weighted by Crippen LogP contribution is 2.47. The van der Waals surface area contributed by atoms with Crippen LogP contribution in [0.2, 0.25) is 0 Å². The second-order valence-corrected chi connectivity index (χ2v) is 8.71. The smallest absolute Gasteiger partial charge is 0.418 e. The molecule has 9 heteroatoms. The zero-order chi connectivity index (χ0) is 18.1. The van der Waals surface area contributed by atoms with Crippen molar-refractivity contribution in [3.05, 3.63) is 12.0 Å². The number of rotatable bonds is 5. The van der Waals surface area contributed by atoms with Crippen LogP contribution in [0.4, 0.5) is 4.79 Å². The van der Waals surface area contributed by atoms with Gasteiger partial charge in [0.25, 0.3) is 0 Å². The summed E-state index contributed by atoms with van der Waals surface area (Å²) in [6.07, 6.45) is -0.0868. The average Bonchev–Trinajstić information content (AvgIpc) is 2.72. The van der Waals surface area contributed by atoms with Crippen LogP contribution in [0.3, 0.4) is 0 Å². The van der Waals surface area contributed by atoms with E-state index in [1.807, 2.05) is 0 Å². The van der Waals surface area contributed by atoms with E-state index in [0.29, 0.717) is 0 Å². The summed E-state index contributed by atoms with van der Waals surface area (Å²) in [4.78, 5) is 25.9. The van der Waals surface area contributed by atoms with Crippen molar-refractivity contribution in [2.75, 3.05) is 20.4 Å². The number of ketones is 1. The van der Waals surface area contributed by atoms with E-state index in [1.165, 1.54) is 14.2 Å². The van der Waals surface area contributed by atoms with Gasteiger partial charge in [-0.1, -0.05) is 0 Å². The molecule has 0 radical (unpaired) electrons. The van der Waals surface area contributed by atoms with Gasteiger partial charge in [0, 0.05) is 14.2 Å². The molecule has 132 valence electrons. The number of carbonyl (C=O) groups excluding carboxylic acids is 2. The molecule has 0 saturated heterocycles. The first-order valence-electron chi connectivity index (χ1n) is 7.00. The highest BCUT2D eigenvalue weighted by Gasteiger charge is 2.45. The predicted octanol–water partition coefficient (Wildman–Crippen LogP) is 2.89. The van der Waals surface area contributed by atoms with Crippen molar-refractivity contribution in [3.8, 4) is 0 Å². The number of carbonyl (C=O) groups is 2. The van der Waals surface area contributed by atoms with Crippen LogP contribution in [0.1, 0.15) is 34.6 Å². The maximum atomic E-state index is 12.4. The van der Waals surface area contributed by atoms with Crippen LogP contribution >= 0.6 is 7.60 Å². The van der Waals surface area contributed by atoms with Gasteiger partial charge in [-0.15, -0.1) is 0 Å². The van der Waals surface area contributed by atoms with Gasteiger partial charge >= 0.3 is 13.7 Å². The Hall–Kier alpha value is -1.37. The van der Waals surface area contributed by atoms with Crippen molar-refractivity contribution in [3.63, 3.8) is 0 Å². The number of hydrogen-bond donors (Lipinski definition) is 0. The van der Waals surface area contributed by atoms with Crippen molar-refractivity contribution in [1.82, 2.24) is 4.90 Å². The second kappa shape index (κ2) is 6.63. The Balaban J connectivity index is 3.03. The SMILES string of the molecule is COP(=O)(CC(=O)C1=COC(C)(C)N1C(=O)OC(C)(C)C)OC. The molecule has 0 unspecified atom stereocenters. The standard InChI is InChI=1S/C14H24NO7P/c1-13(2,3)22-12(17)15-10(8-21-14(15,4)5)11(16)9-23(18,19-6)20-7/h8H,9H2,1-7H3. The first-order chi connectivity index (χ1) is 10.4. The highest BCUT2D eigenvalue weighted by atomic mass is 31.2. The molecule has 0 spiro atoms. The van der Waals surface area contributed by atoms with Gasteiger partial charge in [0.05, 0.1) is 0 Å². The van der Waals surface area contributed by atoms with Crippen molar-refractivity contribution in [1.29, 1.82) is 0 Å². The minimum Gasteiger partial charge on any atom is -0.473 e. The van der Waals surface area contributed by atoms with Crippen molar-refractivity contribution >= 4 is 19.5 Å². The Morgan fingerprint density at radius 1 is 1.26 bits per heavy atom. The summed E-state index contributed by atoms with van der Waals surface area (Å²) in [6, 6.07) is 0. The molecule has 0 aromatic carbocycles. The van der Waals surface area contributed by atoms with E-state index in [0.717, 1.165) is 11.2 Å². The van der Waals surface area contributed by atoms with Crippen LogP contribution in [0.5, 0.6) is 0 Å². The van der Waals surface area contributed by atoms with Gasteiger partial charge in [0.15, 0.2) is 11.5 Å². The summed E-state index contributed by atoms with van der Waals surface area (Å²) >= 11 is 0. The van der Waals surface area contributed by atoms with Crippen LogP contribution in [0.15, 0.2) is 12.0 Å². The van der Waals surface area contributed by atoms with E-state index in [4.69, 9.17) is 18.5 Å². The van der Waals surface area contributed by atoms with Crippen LogP contribution in [0.25, 0.3) is 0 Å². The van der Waals surface area contributed by atoms with Gasteiger partial charge < -0.3 is 18.5 Å². The van der Waals surface area contributed by atoms with Gasteiger partial charge in [-0.3, -0.25) is 9.36 Å². The maximum absolute atomic E-state index is 12.4. The summed E-state index contributed by atoms with van der Waals surface area (Å²) in [5, 5.41) is 0. The summed E-state index contributed by atoms with van der Waals surface area (Å²) in [6.45, 7) is 8.36. The Labute approximate surface area is 136 Å². The Morgan fingerprint density at radius 3 is 2.22 bits per heavy atom. The Kier molecular flexibility index (Phi) is 5.67. The maximum Gasteiger partial charge on any atom is 0.418 e. The summed E-state index contributed by atoms with van der Waals surface area (Å²) in [7, 11) is -1.18. The Bertz CT molecular complexity index is 554. The lowest BCUT2D eigenvalue weighted by Gasteiger charge is -2.33.